The first-order valence-corrected chi connectivity index (χ1v) is 7.69. The summed E-state index contributed by atoms with van der Waals surface area (Å²) in [5, 5.41) is 14.6. The summed E-state index contributed by atoms with van der Waals surface area (Å²) in [6, 6.07) is 0.120. The minimum atomic E-state index is 0.0954. The van der Waals surface area contributed by atoms with E-state index in [2.05, 4.69) is 27.8 Å². The van der Waals surface area contributed by atoms with Crippen molar-refractivity contribution in [1.82, 2.24) is 15.5 Å². The van der Waals surface area contributed by atoms with E-state index in [4.69, 9.17) is 18.0 Å². The van der Waals surface area contributed by atoms with Gasteiger partial charge in [0.05, 0.1) is 11.3 Å². The van der Waals surface area contributed by atoms with Crippen LogP contribution in [0.3, 0.4) is 0 Å². The Bertz CT molecular complexity index is 561. The second kappa shape index (κ2) is 6.80. The highest BCUT2D eigenvalue weighted by molar-refractivity contribution is 7.80. The summed E-state index contributed by atoms with van der Waals surface area (Å²) in [5.41, 5.74) is 8.64. The molecule has 4 N–H and O–H groups in total. The van der Waals surface area contributed by atoms with Gasteiger partial charge in [0.1, 0.15) is 4.99 Å². The maximum absolute atomic E-state index is 11.2. The van der Waals surface area contributed by atoms with E-state index in [1.54, 1.807) is 0 Å². The second-order valence-corrected chi connectivity index (χ2v) is 5.54. The van der Waals surface area contributed by atoms with Crippen molar-refractivity contribution in [2.75, 3.05) is 11.9 Å². The molecule has 6 nitrogen and oxygen atoms in total. The normalized spacial score (nSPS) is 17.6. The summed E-state index contributed by atoms with van der Waals surface area (Å²) in [7, 11) is 0. The Kier molecular flexibility index (Phi) is 5.06. The molecule has 0 aromatic carbocycles. The van der Waals surface area contributed by atoms with Crippen LogP contribution in [0.25, 0.3) is 0 Å². The highest BCUT2D eigenvalue weighted by Crippen LogP contribution is 2.21. The molecular weight excluding hydrogens is 286 g/mol. The molecule has 2 rings (SSSR count). The number of rotatable bonds is 6. The summed E-state index contributed by atoms with van der Waals surface area (Å²) in [4.78, 5) is 11.5. The third-order valence-corrected chi connectivity index (χ3v) is 3.90. The Morgan fingerprint density at radius 1 is 1.43 bits per heavy atom. The van der Waals surface area contributed by atoms with Crippen molar-refractivity contribution in [2.24, 2.45) is 5.73 Å². The summed E-state index contributed by atoms with van der Waals surface area (Å²) in [6.45, 7) is 4.69. The molecule has 0 aliphatic carbocycles. The number of amides is 1. The Morgan fingerprint density at radius 3 is 2.71 bits per heavy atom. The Hall–Kier alpha value is -1.76. The topological polar surface area (TPSA) is 92.9 Å². The van der Waals surface area contributed by atoms with Crippen molar-refractivity contribution < 1.29 is 4.79 Å². The lowest BCUT2D eigenvalue weighted by atomic mass is 10.0. The van der Waals surface area contributed by atoms with Crippen LogP contribution < -0.4 is 16.4 Å². The summed E-state index contributed by atoms with van der Waals surface area (Å²) >= 11 is 5.18. The van der Waals surface area contributed by atoms with E-state index < -0.39 is 0 Å². The molecule has 1 aromatic rings. The first-order chi connectivity index (χ1) is 10.1. The van der Waals surface area contributed by atoms with Gasteiger partial charge in [-0.1, -0.05) is 26.1 Å². The molecule has 0 spiro atoms. The number of anilines is 1. The molecule has 114 valence electrons. The number of nitrogens with zero attached hydrogens (tertiary/aromatic N) is 2. The van der Waals surface area contributed by atoms with Crippen LogP contribution in [-0.2, 0) is 17.6 Å². The first kappa shape index (κ1) is 15.6. The fraction of sp³-hybridized carbons (Fsp3) is 0.571. The SMILES string of the molecule is CCc1nnc(NCC2CCC(=O)N2)c(C(N)=S)c1CC. The van der Waals surface area contributed by atoms with Gasteiger partial charge in [-0.15, -0.1) is 5.10 Å². The lowest BCUT2D eigenvalue weighted by Crippen LogP contribution is -2.32. The number of nitrogens with one attached hydrogen (secondary N) is 2. The predicted molar refractivity (Wildman–Crippen MR) is 86.3 cm³/mol. The van der Waals surface area contributed by atoms with Crippen molar-refractivity contribution in [3.05, 3.63) is 16.8 Å². The molecular formula is C14H21N5OS. The number of hydrogen-bond acceptors (Lipinski definition) is 5. The van der Waals surface area contributed by atoms with E-state index in [-0.39, 0.29) is 11.9 Å². The van der Waals surface area contributed by atoms with Gasteiger partial charge >= 0.3 is 0 Å². The number of aromatic nitrogens is 2. The number of carbonyl (C=O) groups is 1. The molecule has 7 heteroatoms. The molecule has 1 amide bonds. The van der Waals surface area contributed by atoms with E-state index in [0.29, 0.717) is 23.8 Å². The molecule has 1 atom stereocenters. The minimum Gasteiger partial charge on any atom is -0.389 e. The van der Waals surface area contributed by atoms with Crippen molar-refractivity contribution in [3.8, 4) is 0 Å². The lowest BCUT2D eigenvalue weighted by molar-refractivity contribution is -0.119. The number of carbonyl (C=O) groups excluding carboxylic acids is 1. The Labute approximate surface area is 129 Å². The molecule has 0 bridgehead atoms. The Balaban J connectivity index is 2.22. The zero-order chi connectivity index (χ0) is 15.4. The van der Waals surface area contributed by atoms with Gasteiger partial charge in [-0.25, -0.2) is 0 Å². The smallest absolute Gasteiger partial charge is 0.220 e. The van der Waals surface area contributed by atoms with Gasteiger partial charge in [-0.2, -0.15) is 5.10 Å². The van der Waals surface area contributed by atoms with Crippen molar-refractivity contribution in [2.45, 2.75) is 45.6 Å². The number of hydrogen-bond donors (Lipinski definition) is 3. The van der Waals surface area contributed by atoms with Gasteiger partial charge in [0.15, 0.2) is 5.82 Å². The third-order valence-electron chi connectivity index (χ3n) is 3.69. The van der Waals surface area contributed by atoms with Crippen LogP contribution in [0.4, 0.5) is 5.82 Å². The number of thiocarbonyl (C=S) groups is 1. The van der Waals surface area contributed by atoms with Crippen LogP contribution in [0.15, 0.2) is 0 Å². The quantitative estimate of drug-likeness (QED) is 0.677. The van der Waals surface area contributed by atoms with Crippen LogP contribution in [0.2, 0.25) is 0 Å². The highest BCUT2D eigenvalue weighted by Gasteiger charge is 2.22. The van der Waals surface area contributed by atoms with Gasteiger partial charge < -0.3 is 16.4 Å². The van der Waals surface area contributed by atoms with E-state index in [1.807, 2.05) is 6.92 Å². The van der Waals surface area contributed by atoms with Crippen LogP contribution in [0, 0.1) is 0 Å². The van der Waals surface area contributed by atoms with E-state index in [9.17, 15) is 4.79 Å². The van der Waals surface area contributed by atoms with Crippen molar-refractivity contribution in [1.29, 1.82) is 0 Å². The summed E-state index contributed by atoms with van der Waals surface area (Å²) < 4.78 is 0. The molecule has 1 aromatic heterocycles. The Morgan fingerprint density at radius 2 is 2.19 bits per heavy atom. The van der Waals surface area contributed by atoms with Crippen molar-refractivity contribution >= 4 is 28.9 Å². The lowest BCUT2D eigenvalue weighted by Gasteiger charge is -2.17. The zero-order valence-electron chi connectivity index (χ0n) is 12.4. The first-order valence-electron chi connectivity index (χ1n) is 7.28. The molecule has 1 fully saturated rings. The summed E-state index contributed by atoms with van der Waals surface area (Å²) in [6.07, 6.45) is 3.01. The average molecular weight is 307 g/mol. The molecule has 1 aliphatic rings. The third kappa shape index (κ3) is 3.47. The molecule has 2 heterocycles. The highest BCUT2D eigenvalue weighted by atomic mass is 32.1. The van der Waals surface area contributed by atoms with Crippen molar-refractivity contribution in [3.63, 3.8) is 0 Å². The summed E-state index contributed by atoms with van der Waals surface area (Å²) in [5.74, 6) is 0.704. The number of nitrogens with two attached hydrogens (primary N) is 1. The fourth-order valence-electron chi connectivity index (χ4n) is 2.61. The fourth-order valence-corrected chi connectivity index (χ4v) is 2.83. The second-order valence-electron chi connectivity index (χ2n) is 5.10. The van der Waals surface area contributed by atoms with Crippen LogP contribution in [0.5, 0.6) is 0 Å². The van der Waals surface area contributed by atoms with E-state index >= 15 is 0 Å². The van der Waals surface area contributed by atoms with Gasteiger partial charge in [0, 0.05) is 19.0 Å². The molecule has 0 radical (unpaired) electrons. The van der Waals surface area contributed by atoms with Gasteiger partial charge in [-0.05, 0) is 24.8 Å². The predicted octanol–water partition coefficient (Wildman–Crippen LogP) is 0.926. The maximum atomic E-state index is 11.2. The molecule has 0 saturated carbocycles. The molecule has 1 saturated heterocycles. The number of aryl methyl sites for hydroxylation is 1. The molecule has 1 unspecified atom stereocenters. The zero-order valence-corrected chi connectivity index (χ0v) is 13.2. The van der Waals surface area contributed by atoms with Crippen LogP contribution in [-0.4, -0.2) is 33.7 Å². The van der Waals surface area contributed by atoms with Gasteiger partial charge in [-0.3, -0.25) is 4.79 Å². The largest absolute Gasteiger partial charge is 0.389 e. The van der Waals surface area contributed by atoms with E-state index in [1.165, 1.54) is 0 Å². The van der Waals surface area contributed by atoms with Crippen LogP contribution in [0.1, 0.15) is 43.5 Å². The van der Waals surface area contributed by atoms with E-state index in [0.717, 1.165) is 36.1 Å². The standard InChI is InChI=1S/C14H21N5OS/c1-3-9-10(4-2)18-19-14(12(9)13(15)21)16-7-8-5-6-11(20)17-8/h8H,3-7H2,1-2H3,(H2,15,21)(H,16,19)(H,17,20). The minimum absolute atomic E-state index is 0.0954. The maximum Gasteiger partial charge on any atom is 0.220 e. The monoisotopic (exact) mass is 307 g/mol. The van der Waals surface area contributed by atoms with Gasteiger partial charge in [0.25, 0.3) is 0 Å². The van der Waals surface area contributed by atoms with Crippen LogP contribution >= 0.6 is 12.2 Å². The average Bonchev–Trinajstić information content (AvgIpc) is 2.89. The van der Waals surface area contributed by atoms with Gasteiger partial charge in [0.2, 0.25) is 5.91 Å². The molecule has 21 heavy (non-hydrogen) atoms. The molecule has 1 aliphatic heterocycles.